The van der Waals surface area contributed by atoms with Crippen molar-refractivity contribution in [3.63, 3.8) is 0 Å². The number of aromatic nitrogens is 1. The molecule has 0 unspecified atom stereocenters. The highest BCUT2D eigenvalue weighted by atomic mass is 16.5. The maximum absolute atomic E-state index is 5.09. The molecule has 1 aromatic rings. The smallest absolute Gasteiger partial charge is 0.0595 e. The number of pyridine rings is 1. The molecule has 4 heteroatoms. The minimum atomic E-state index is 0.741. The van der Waals surface area contributed by atoms with Gasteiger partial charge < -0.3 is 15.0 Å². The zero-order valence-corrected chi connectivity index (χ0v) is 11.4. The number of ether oxygens (including phenoxy) is 1. The van der Waals surface area contributed by atoms with Crippen molar-refractivity contribution in [2.45, 2.75) is 31.8 Å². The fourth-order valence-corrected chi connectivity index (χ4v) is 2.02. The zero-order chi connectivity index (χ0) is 12.8. The van der Waals surface area contributed by atoms with E-state index in [2.05, 4.69) is 28.3 Å². The first-order chi connectivity index (χ1) is 8.81. The van der Waals surface area contributed by atoms with Gasteiger partial charge in [-0.15, -0.1) is 0 Å². The van der Waals surface area contributed by atoms with Crippen molar-refractivity contribution >= 4 is 5.69 Å². The lowest BCUT2D eigenvalue weighted by Crippen LogP contribution is -2.23. The van der Waals surface area contributed by atoms with Crippen molar-refractivity contribution in [3.05, 3.63) is 24.0 Å². The lowest BCUT2D eigenvalue weighted by atomic mass is 10.2. The largest absolute Gasteiger partial charge is 0.385 e. The van der Waals surface area contributed by atoms with E-state index in [9.17, 15) is 0 Å². The SMILES string of the molecule is COCCCN(C)c1cnccc1CNC1CC1. The van der Waals surface area contributed by atoms with Crippen LogP contribution in [0.15, 0.2) is 18.5 Å². The van der Waals surface area contributed by atoms with Crippen LogP contribution in [0.5, 0.6) is 0 Å². The maximum Gasteiger partial charge on any atom is 0.0595 e. The Morgan fingerprint density at radius 2 is 2.33 bits per heavy atom. The molecule has 100 valence electrons. The summed E-state index contributed by atoms with van der Waals surface area (Å²) in [4.78, 5) is 6.50. The predicted molar refractivity (Wildman–Crippen MR) is 73.9 cm³/mol. The molecule has 0 saturated heterocycles. The number of hydrogen-bond donors (Lipinski definition) is 1. The van der Waals surface area contributed by atoms with Crippen molar-refractivity contribution in [1.29, 1.82) is 0 Å². The first kappa shape index (κ1) is 13.3. The Morgan fingerprint density at radius 1 is 1.50 bits per heavy atom. The van der Waals surface area contributed by atoms with E-state index in [-0.39, 0.29) is 0 Å². The molecule has 2 rings (SSSR count). The van der Waals surface area contributed by atoms with Crippen LogP contribution in [-0.4, -0.2) is 38.3 Å². The summed E-state index contributed by atoms with van der Waals surface area (Å²) in [6.45, 7) is 2.74. The lowest BCUT2D eigenvalue weighted by Gasteiger charge is -2.22. The summed E-state index contributed by atoms with van der Waals surface area (Å²) in [6.07, 6.45) is 7.51. The van der Waals surface area contributed by atoms with Gasteiger partial charge in [0.25, 0.3) is 0 Å². The molecule has 0 radical (unpaired) electrons. The minimum Gasteiger partial charge on any atom is -0.385 e. The molecule has 1 aliphatic carbocycles. The van der Waals surface area contributed by atoms with Gasteiger partial charge >= 0.3 is 0 Å². The number of anilines is 1. The number of rotatable bonds is 8. The lowest BCUT2D eigenvalue weighted by molar-refractivity contribution is 0.196. The van der Waals surface area contributed by atoms with E-state index in [1.807, 2.05) is 12.4 Å². The van der Waals surface area contributed by atoms with Gasteiger partial charge in [0, 0.05) is 46.1 Å². The Kier molecular flexibility index (Phi) is 4.96. The van der Waals surface area contributed by atoms with Crippen LogP contribution in [0.3, 0.4) is 0 Å². The fourth-order valence-electron chi connectivity index (χ4n) is 2.02. The maximum atomic E-state index is 5.09. The summed E-state index contributed by atoms with van der Waals surface area (Å²) in [5.41, 5.74) is 2.55. The third kappa shape index (κ3) is 3.96. The van der Waals surface area contributed by atoms with Crippen LogP contribution in [0.1, 0.15) is 24.8 Å². The van der Waals surface area contributed by atoms with Gasteiger partial charge in [-0.1, -0.05) is 0 Å². The van der Waals surface area contributed by atoms with Crippen LogP contribution in [0.2, 0.25) is 0 Å². The van der Waals surface area contributed by atoms with E-state index < -0.39 is 0 Å². The van der Waals surface area contributed by atoms with E-state index in [4.69, 9.17) is 4.74 Å². The quantitative estimate of drug-likeness (QED) is 0.713. The third-order valence-corrected chi connectivity index (χ3v) is 3.30. The molecule has 0 amide bonds. The molecule has 0 aromatic carbocycles. The Labute approximate surface area is 109 Å². The van der Waals surface area contributed by atoms with Crippen molar-refractivity contribution in [1.82, 2.24) is 10.3 Å². The molecule has 1 N–H and O–H groups in total. The second-order valence-electron chi connectivity index (χ2n) is 4.93. The topological polar surface area (TPSA) is 37.4 Å². The highest BCUT2D eigenvalue weighted by Crippen LogP contribution is 2.22. The van der Waals surface area contributed by atoms with E-state index >= 15 is 0 Å². The molecule has 1 heterocycles. The van der Waals surface area contributed by atoms with E-state index in [1.54, 1.807) is 7.11 Å². The Bertz CT molecular complexity index is 366. The molecule has 0 bridgehead atoms. The molecule has 1 aromatic heterocycles. The summed E-state index contributed by atoms with van der Waals surface area (Å²) in [5.74, 6) is 0. The summed E-state index contributed by atoms with van der Waals surface area (Å²) in [5, 5.41) is 3.56. The molecule has 0 atom stereocenters. The van der Waals surface area contributed by atoms with Gasteiger partial charge in [-0.05, 0) is 30.9 Å². The first-order valence-electron chi connectivity index (χ1n) is 6.67. The molecule has 18 heavy (non-hydrogen) atoms. The van der Waals surface area contributed by atoms with Gasteiger partial charge in [-0.25, -0.2) is 0 Å². The molecule has 0 aliphatic heterocycles. The van der Waals surface area contributed by atoms with Gasteiger partial charge in [-0.3, -0.25) is 4.98 Å². The predicted octanol–water partition coefficient (Wildman–Crippen LogP) is 1.81. The summed E-state index contributed by atoms with van der Waals surface area (Å²) < 4.78 is 5.09. The number of nitrogens with one attached hydrogen (secondary N) is 1. The van der Waals surface area contributed by atoms with Crippen LogP contribution < -0.4 is 10.2 Å². The van der Waals surface area contributed by atoms with E-state index in [0.717, 1.165) is 32.2 Å². The number of hydrogen-bond acceptors (Lipinski definition) is 4. The van der Waals surface area contributed by atoms with Crippen LogP contribution in [0.4, 0.5) is 5.69 Å². The van der Waals surface area contributed by atoms with Crippen molar-refractivity contribution < 1.29 is 4.74 Å². The Morgan fingerprint density at radius 3 is 3.06 bits per heavy atom. The second kappa shape index (κ2) is 6.71. The molecule has 4 nitrogen and oxygen atoms in total. The molecule has 1 saturated carbocycles. The van der Waals surface area contributed by atoms with Gasteiger partial charge in [0.15, 0.2) is 0 Å². The van der Waals surface area contributed by atoms with Gasteiger partial charge in [0.05, 0.1) is 11.9 Å². The normalized spacial score (nSPS) is 14.8. The summed E-state index contributed by atoms with van der Waals surface area (Å²) in [7, 11) is 3.86. The highest BCUT2D eigenvalue weighted by Gasteiger charge is 2.20. The van der Waals surface area contributed by atoms with Crippen LogP contribution >= 0.6 is 0 Å². The fraction of sp³-hybridized carbons (Fsp3) is 0.643. The standard InChI is InChI=1S/C14H23N3O/c1-17(8-3-9-18-2)14-11-15-7-6-12(14)10-16-13-4-5-13/h6-7,11,13,16H,3-5,8-10H2,1-2H3. The minimum absolute atomic E-state index is 0.741. The molecular formula is C14H23N3O. The average Bonchev–Trinajstić information content (AvgIpc) is 3.21. The monoisotopic (exact) mass is 249 g/mol. The molecule has 1 aliphatic rings. The zero-order valence-electron chi connectivity index (χ0n) is 11.4. The summed E-state index contributed by atoms with van der Waals surface area (Å²) >= 11 is 0. The Hall–Kier alpha value is -1.13. The molecular weight excluding hydrogens is 226 g/mol. The second-order valence-corrected chi connectivity index (χ2v) is 4.93. The average molecular weight is 249 g/mol. The third-order valence-electron chi connectivity index (χ3n) is 3.30. The van der Waals surface area contributed by atoms with Crippen LogP contribution in [0, 0.1) is 0 Å². The van der Waals surface area contributed by atoms with Crippen molar-refractivity contribution in [3.8, 4) is 0 Å². The van der Waals surface area contributed by atoms with E-state index in [0.29, 0.717) is 0 Å². The van der Waals surface area contributed by atoms with E-state index in [1.165, 1.54) is 24.1 Å². The Balaban J connectivity index is 1.91. The van der Waals surface area contributed by atoms with Crippen LogP contribution in [-0.2, 0) is 11.3 Å². The summed E-state index contributed by atoms with van der Waals surface area (Å²) in [6, 6.07) is 2.85. The van der Waals surface area contributed by atoms with Crippen LogP contribution in [0.25, 0.3) is 0 Å². The van der Waals surface area contributed by atoms with Gasteiger partial charge in [0.2, 0.25) is 0 Å². The van der Waals surface area contributed by atoms with Gasteiger partial charge in [-0.2, -0.15) is 0 Å². The number of nitrogens with zero attached hydrogens (tertiary/aromatic N) is 2. The highest BCUT2D eigenvalue weighted by molar-refractivity contribution is 5.50. The van der Waals surface area contributed by atoms with Crippen molar-refractivity contribution in [2.24, 2.45) is 0 Å². The first-order valence-corrected chi connectivity index (χ1v) is 6.67. The van der Waals surface area contributed by atoms with Gasteiger partial charge in [0.1, 0.15) is 0 Å². The molecule has 1 fully saturated rings. The molecule has 0 spiro atoms. The van der Waals surface area contributed by atoms with Crippen molar-refractivity contribution in [2.75, 3.05) is 32.2 Å². The number of methoxy groups -OCH3 is 1.